The lowest BCUT2D eigenvalue weighted by Crippen LogP contribution is -2.14. The number of halogens is 1. The topological polar surface area (TPSA) is 39.9 Å². The van der Waals surface area contributed by atoms with Crippen LogP contribution in [0.25, 0.3) is 0 Å². The van der Waals surface area contributed by atoms with Crippen molar-refractivity contribution in [2.24, 2.45) is 7.05 Å². The second-order valence-corrected chi connectivity index (χ2v) is 6.20. The Balaban J connectivity index is 2.38. The number of hydrogen-bond donors (Lipinski definition) is 0. The zero-order valence-electron chi connectivity index (χ0n) is 12.6. The Labute approximate surface area is 124 Å². The molecule has 0 aliphatic carbocycles. The normalized spacial score (nSPS) is 11.7. The number of hydrogen-bond acceptors (Lipinski definition) is 3. The molecule has 0 unspecified atom stereocenters. The number of aromatic nitrogens is 3. The average molecular weight is 294 g/mol. The smallest absolute Gasteiger partial charge is 0.221 e. The van der Waals surface area contributed by atoms with Crippen molar-refractivity contribution in [3.05, 3.63) is 35.2 Å². The predicted octanol–water partition coefficient (Wildman–Crippen LogP) is 3.95. The van der Waals surface area contributed by atoms with E-state index in [0.717, 1.165) is 17.0 Å². The molecule has 2 aromatic rings. The van der Waals surface area contributed by atoms with E-state index >= 15 is 0 Å². The minimum absolute atomic E-state index is 0.0530. The lowest BCUT2D eigenvalue weighted by molar-refractivity contribution is 0.409. The Bertz CT molecular complexity index is 614. The van der Waals surface area contributed by atoms with E-state index in [4.69, 9.17) is 16.3 Å². The third-order valence-electron chi connectivity index (χ3n) is 2.95. The van der Waals surface area contributed by atoms with Crippen LogP contribution in [-0.4, -0.2) is 14.8 Å². The Morgan fingerprint density at radius 3 is 2.45 bits per heavy atom. The number of aryl methyl sites for hydroxylation is 2. The van der Waals surface area contributed by atoms with Crippen LogP contribution in [0.2, 0.25) is 0 Å². The van der Waals surface area contributed by atoms with Gasteiger partial charge in [0, 0.05) is 30.5 Å². The standard InChI is InChI=1S/C15H20ClN3O/c1-10-6-14(19(5)18-10)20-13-8-11(9-16)7-12(17-13)15(2,3)4/h6-8H,9H2,1-5H3. The molecule has 0 fully saturated rings. The third-order valence-corrected chi connectivity index (χ3v) is 3.26. The number of pyridine rings is 1. The van der Waals surface area contributed by atoms with Crippen LogP contribution in [0.4, 0.5) is 0 Å². The van der Waals surface area contributed by atoms with Crippen LogP contribution in [0.1, 0.15) is 37.7 Å². The van der Waals surface area contributed by atoms with Crippen molar-refractivity contribution < 1.29 is 4.74 Å². The first-order chi connectivity index (χ1) is 9.29. The van der Waals surface area contributed by atoms with Crippen molar-refractivity contribution in [2.75, 3.05) is 0 Å². The minimum Gasteiger partial charge on any atom is -0.421 e. The van der Waals surface area contributed by atoms with E-state index in [2.05, 4.69) is 30.9 Å². The van der Waals surface area contributed by atoms with E-state index in [-0.39, 0.29) is 5.41 Å². The van der Waals surface area contributed by atoms with Crippen LogP contribution in [0, 0.1) is 6.92 Å². The van der Waals surface area contributed by atoms with Crippen LogP contribution >= 0.6 is 11.6 Å². The molecule has 0 aliphatic heterocycles. The van der Waals surface area contributed by atoms with E-state index in [9.17, 15) is 0 Å². The van der Waals surface area contributed by atoms with Crippen LogP contribution in [-0.2, 0) is 18.3 Å². The zero-order valence-corrected chi connectivity index (χ0v) is 13.3. The lowest BCUT2D eigenvalue weighted by atomic mass is 9.91. The molecule has 20 heavy (non-hydrogen) atoms. The molecule has 2 rings (SSSR count). The molecule has 2 aromatic heterocycles. The molecular formula is C15H20ClN3O. The summed E-state index contributed by atoms with van der Waals surface area (Å²) in [5.74, 6) is 1.66. The zero-order chi connectivity index (χ0) is 14.9. The Kier molecular flexibility index (Phi) is 4.04. The van der Waals surface area contributed by atoms with Crippen molar-refractivity contribution in [3.63, 3.8) is 0 Å². The predicted molar refractivity (Wildman–Crippen MR) is 80.5 cm³/mol. The molecule has 0 N–H and O–H groups in total. The molecule has 0 aromatic carbocycles. The fourth-order valence-electron chi connectivity index (χ4n) is 1.86. The van der Waals surface area contributed by atoms with Gasteiger partial charge < -0.3 is 4.74 Å². The van der Waals surface area contributed by atoms with Crippen LogP contribution in [0.5, 0.6) is 11.8 Å². The van der Waals surface area contributed by atoms with Gasteiger partial charge in [-0.15, -0.1) is 11.6 Å². The van der Waals surface area contributed by atoms with Crippen molar-refractivity contribution in [2.45, 2.75) is 39.0 Å². The molecular weight excluding hydrogens is 274 g/mol. The van der Waals surface area contributed by atoms with E-state index in [0.29, 0.717) is 17.6 Å². The highest BCUT2D eigenvalue weighted by Crippen LogP contribution is 2.27. The third kappa shape index (κ3) is 3.31. The lowest BCUT2D eigenvalue weighted by Gasteiger charge is -2.19. The van der Waals surface area contributed by atoms with Crippen molar-refractivity contribution in [1.82, 2.24) is 14.8 Å². The first kappa shape index (κ1) is 14.9. The van der Waals surface area contributed by atoms with Gasteiger partial charge in [-0.2, -0.15) is 5.10 Å². The molecule has 2 heterocycles. The van der Waals surface area contributed by atoms with Crippen LogP contribution < -0.4 is 4.74 Å². The first-order valence-corrected chi connectivity index (χ1v) is 7.09. The number of nitrogens with zero attached hydrogens (tertiary/aromatic N) is 3. The molecule has 0 radical (unpaired) electrons. The molecule has 0 spiro atoms. The molecule has 0 aliphatic rings. The molecule has 0 atom stereocenters. The summed E-state index contributed by atoms with van der Waals surface area (Å²) >= 11 is 5.96. The number of ether oxygens (including phenoxy) is 1. The van der Waals surface area contributed by atoms with Gasteiger partial charge in [0.15, 0.2) is 0 Å². The van der Waals surface area contributed by atoms with Crippen molar-refractivity contribution >= 4 is 11.6 Å². The fourth-order valence-corrected chi connectivity index (χ4v) is 2.02. The molecule has 0 saturated carbocycles. The summed E-state index contributed by atoms with van der Waals surface area (Å²) in [6, 6.07) is 5.77. The molecule has 0 amide bonds. The molecule has 4 nitrogen and oxygen atoms in total. The summed E-state index contributed by atoms with van der Waals surface area (Å²) in [5.41, 5.74) is 2.82. The van der Waals surface area contributed by atoms with E-state index in [1.165, 1.54) is 0 Å². The van der Waals surface area contributed by atoms with Crippen molar-refractivity contribution in [3.8, 4) is 11.8 Å². The maximum absolute atomic E-state index is 5.96. The quantitative estimate of drug-likeness (QED) is 0.804. The highest BCUT2D eigenvalue weighted by atomic mass is 35.5. The fraction of sp³-hybridized carbons (Fsp3) is 0.467. The second-order valence-electron chi connectivity index (χ2n) is 5.93. The number of alkyl halides is 1. The maximum atomic E-state index is 5.96. The first-order valence-electron chi connectivity index (χ1n) is 6.55. The van der Waals surface area contributed by atoms with Gasteiger partial charge >= 0.3 is 0 Å². The van der Waals surface area contributed by atoms with Gasteiger partial charge in [-0.05, 0) is 18.6 Å². The second kappa shape index (κ2) is 5.44. The molecule has 0 saturated heterocycles. The van der Waals surface area contributed by atoms with Crippen LogP contribution in [0.15, 0.2) is 18.2 Å². The van der Waals surface area contributed by atoms with Gasteiger partial charge in [0.1, 0.15) is 0 Å². The molecule has 5 heteroatoms. The SMILES string of the molecule is Cc1cc(Oc2cc(CCl)cc(C(C)(C)C)n2)n(C)n1. The van der Waals surface area contributed by atoms with Gasteiger partial charge in [0.2, 0.25) is 11.8 Å². The van der Waals surface area contributed by atoms with Gasteiger partial charge in [-0.3, -0.25) is 0 Å². The van der Waals surface area contributed by atoms with Gasteiger partial charge in [0.05, 0.1) is 11.4 Å². The maximum Gasteiger partial charge on any atom is 0.221 e. The summed E-state index contributed by atoms with van der Waals surface area (Å²) in [5, 5.41) is 4.26. The van der Waals surface area contributed by atoms with E-state index in [1.807, 2.05) is 32.2 Å². The average Bonchev–Trinajstić information content (AvgIpc) is 2.66. The summed E-state index contributed by atoms with van der Waals surface area (Å²) in [6.45, 7) is 8.28. The molecule has 0 bridgehead atoms. The monoisotopic (exact) mass is 293 g/mol. The van der Waals surface area contributed by atoms with E-state index < -0.39 is 0 Å². The summed E-state index contributed by atoms with van der Waals surface area (Å²) < 4.78 is 7.53. The van der Waals surface area contributed by atoms with Crippen LogP contribution in [0.3, 0.4) is 0 Å². The van der Waals surface area contributed by atoms with E-state index in [1.54, 1.807) is 4.68 Å². The van der Waals surface area contributed by atoms with Gasteiger partial charge in [0.25, 0.3) is 0 Å². The highest BCUT2D eigenvalue weighted by Gasteiger charge is 2.18. The largest absolute Gasteiger partial charge is 0.421 e. The summed E-state index contributed by atoms with van der Waals surface area (Å²) in [6.07, 6.45) is 0. The minimum atomic E-state index is -0.0530. The number of rotatable bonds is 3. The Hall–Kier alpha value is -1.55. The summed E-state index contributed by atoms with van der Waals surface area (Å²) in [7, 11) is 1.85. The Morgan fingerprint density at radius 2 is 1.95 bits per heavy atom. The van der Waals surface area contributed by atoms with Gasteiger partial charge in [-0.25, -0.2) is 9.67 Å². The highest BCUT2D eigenvalue weighted by molar-refractivity contribution is 6.17. The summed E-state index contributed by atoms with van der Waals surface area (Å²) in [4.78, 5) is 4.58. The molecule has 108 valence electrons. The Morgan fingerprint density at radius 1 is 1.25 bits per heavy atom. The van der Waals surface area contributed by atoms with Crippen molar-refractivity contribution in [1.29, 1.82) is 0 Å². The van der Waals surface area contributed by atoms with Gasteiger partial charge in [-0.1, -0.05) is 20.8 Å².